The van der Waals surface area contributed by atoms with Gasteiger partial charge in [0.05, 0.1) is 12.1 Å². The van der Waals surface area contributed by atoms with Crippen molar-refractivity contribution in [1.29, 1.82) is 0 Å². The van der Waals surface area contributed by atoms with Gasteiger partial charge in [-0.15, -0.1) is 11.8 Å². The molecule has 2 N–H and O–H groups in total. The monoisotopic (exact) mass is 546 g/mol. The van der Waals surface area contributed by atoms with E-state index in [0.29, 0.717) is 11.1 Å². The number of fused-ring (bicyclic) bond motifs is 1. The Balaban J connectivity index is 1.40. The number of para-hydroxylation sites is 1. The first-order chi connectivity index (χ1) is 17.8. The number of aromatic amines is 1. The number of alkyl halides is 3. The number of pyridine rings is 1. The van der Waals surface area contributed by atoms with Crippen LogP contribution in [0.15, 0.2) is 40.0 Å². The second kappa shape index (κ2) is 9.19. The van der Waals surface area contributed by atoms with Gasteiger partial charge in [0, 0.05) is 50.9 Å². The lowest BCUT2D eigenvalue weighted by molar-refractivity contribution is -0.257. The Bertz CT molecular complexity index is 1460. The third-order valence-electron chi connectivity index (χ3n) is 8.80. The summed E-state index contributed by atoms with van der Waals surface area (Å²) in [7, 11) is 1.57. The molecule has 38 heavy (non-hydrogen) atoms. The van der Waals surface area contributed by atoms with Crippen molar-refractivity contribution >= 4 is 28.6 Å². The average Bonchev–Trinajstić information content (AvgIpc) is 3.06. The van der Waals surface area contributed by atoms with Gasteiger partial charge in [0.25, 0.3) is 11.5 Å². The number of nitrogens with zero attached hydrogens (tertiary/aromatic N) is 2. The molecule has 3 aliphatic rings. The molecule has 1 amide bonds. The van der Waals surface area contributed by atoms with Crippen molar-refractivity contribution in [3.63, 3.8) is 0 Å². The Hall–Kier alpha value is -2.72. The Morgan fingerprint density at radius 2 is 1.89 bits per heavy atom. The van der Waals surface area contributed by atoms with E-state index in [4.69, 9.17) is 0 Å². The van der Waals surface area contributed by atoms with Crippen LogP contribution in [-0.4, -0.2) is 51.9 Å². The molecule has 1 aromatic carbocycles. The van der Waals surface area contributed by atoms with Crippen LogP contribution < -0.4 is 10.9 Å². The normalized spacial score (nSPS) is 23.3. The first-order valence-electron chi connectivity index (χ1n) is 12.7. The number of benzene rings is 1. The largest absolute Gasteiger partial charge is 0.401 e. The van der Waals surface area contributed by atoms with Gasteiger partial charge in [-0.2, -0.15) is 13.2 Å². The van der Waals surface area contributed by atoms with Crippen LogP contribution >= 0.6 is 11.8 Å². The molecule has 2 heterocycles. The fourth-order valence-electron chi connectivity index (χ4n) is 6.84. The van der Waals surface area contributed by atoms with Gasteiger partial charge in [0.1, 0.15) is 0 Å². The Kier molecular flexibility index (Phi) is 6.50. The van der Waals surface area contributed by atoms with Crippen LogP contribution in [-0.2, 0) is 6.54 Å². The molecule has 1 atom stereocenters. The standard InChI is InChI=1S/C28H33F3N4O2S/c1-16-10-22(38-5)20(24(36)33-16)11-32-25(37)23-17(2)35(21-9-7-6-8-19(21)23)18(3)26-12-27(13-26,14-26)34(4)15-28(29,30)31/h6-10,18H,11-15H2,1-5H3,(H,32,37)(H,33,36)/t18-,26?,27?/m1/s1. The summed E-state index contributed by atoms with van der Waals surface area (Å²) >= 11 is 1.46. The molecule has 6 rings (SSSR count). The topological polar surface area (TPSA) is 70.1 Å². The van der Waals surface area contributed by atoms with Gasteiger partial charge in [-0.05, 0) is 70.9 Å². The number of aryl methyl sites for hydroxylation is 1. The van der Waals surface area contributed by atoms with Crippen molar-refractivity contribution in [3.05, 3.63) is 63.2 Å². The fraction of sp³-hybridized carbons (Fsp3) is 0.500. The maximum absolute atomic E-state index is 13.5. The fourth-order valence-corrected chi connectivity index (χ4v) is 7.54. The van der Waals surface area contributed by atoms with E-state index in [1.165, 1.54) is 16.7 Å². The number of carbonyl (C=O) groups is 1. The van der Waals surface area contributed by atoms with E-state index in [2.05, 4.69) is 21.8 Å². The number of thioether (sulfide) groups is 1. The number of H-pyrrole nitrogens is 1. The minimum absolute atomic E-state index is 0.0261. The highest BCUT2D eigenvalue weighted by atomic mass is 32.2. The third kappa shape index (κ3) is 4.25. The van der Waals surface area contributed by atoms with Crippen molar-refractivity contribution in [2.24, 2.45) is 5.41 Å². The molecule has 6 nitrogen and oxygen atoms in total. The molecular weight excluding hydrogens is 513 g/mol. The molecule has 204 valence electrons. The maximum Gasteiger partial charge on any atom is 0.401 e. The summed E-state index contributed by atoms with van der Waals surface area (Å²) in [5.74, 6) is -0.254. The third-order valence-corrected chi connectivity index (χ3v) is 9.61. The molecule has 3 aromatic rings. The van der Waals surface area contributed by atoms with Crippen LogP contribution in [0.4, 0.5) is 13.2 Å². The molecule has 0 aliphatic heterocycles. The second-order valence-electron chi connectivity index (χ2n) is 11.1. The lowest BCUT2D eigenvalue weighted by atomic mass is 9.36. The van der Waals surface area contributed by atoms with Crippen LogP contribution in [0, 0.1) is 19.3 Å². The van der Waals surface area contributed by atoms with Crippen molar-refractivity contribution in [2.75, 3.05) is 19.8 Å². The van der Waals surface area contributed by atoms with E-state index in [9.17, 15) is 22.8 Å². The number of carbonyl (C=O) groups excluding carboxylic acids is 1. The molecule has 0 unspecified atom stereocenters. The summed E-state index contributed by atoms with van der Waals surface area (Å²) in [5.41, 5.74) is 2.94. The lowest BCUT2D eigenvalue weighted by Gasteiger charge is -2.75. The first kappa shape index (κ1) is 26.9. The highest BCUT2D eigenvalue weighted by Gasteiger charge is 2.72. The summed E-state index contributed by atoms with van der Waals surface area (Å²) < 4.78 is 41.1. The molecule has 2 aromatic heterocycles. The zero-order valence-electron chi connectivity index (χ0n) is 22.3. The Morgan fingerprint density at radius 3 is 2.53 bits per heavy atom. The number of nitrogens with one attached hydrogen (secondary N) is 2. The van der Waals surface area contributed by atoms with E-state index < -0.39 is 12.7 Å². The smallest absolute Gasteiger partial charge is 0.348 e. The highest BCUT2D eigenvalue weighted by molar-refractivity contribution is 7.98. The molecule has 2 bridgehead atoms. The van der Waals surface area contributed by atoms with Crippen LogP contribution in [0.25, 0.3) is 10.9 Å². The molecule has 3 saturated carbocycles. The summed E-state index contributed by atoms with van der Waals surface area (Å²) in [6.45, 7) is 5.08. The van der Waals surface area contributed by atoms with Crippen molar-refractivity contribution < 1.29 is 18.0 Å². The molecule has 0 radical (unpaired) electrons. The predicted molar refractivity (Wildman–Crippen MR) is 144 cm³/mol. The summed E-state index contributed by atoms with van der Waals surface area (Å²) in [4.78, 5) is 31.2. The molecule has 0 saturated heterocycles. The van der Waals surface area contributed by atoms with E-state index >= 15 is 0 Å². The van der Waals surface area contributed by atoms with Gasteiger partial charge in [-0.3, -0.25) is 14.5 Å². The van der Waals surface area contributed by atoms with Gasteiger partial charge < -0.3 is 14.9 Å². The number of hydrogen-bond donors (Lipinski definition) is 2. The highest BCUT2D eigenvalue weighted by Crippen LogP contribution is 2.74. The van der Waals surface area contributed by atoms with E-state index in [0.717, 1.165) is 46.4 Å². The lowest BCUT2D eigenvalue weighted by Crippen LogP contribution is -2.76. The number of rotatable bonds is 8. The first-order valence-corrected chi connectivity index (χ1v) is 14.0. The SMILES string of the molecule is CSc1cc(C)[nH]c(=O)c1CNC(=O)c1c(C)n([C@H](C)C23CC(N(C)CC(F)(F)F)(C2)C3)c2ccccc12. The maximum atomic E-state index is 13.5. The van der Waals surface area contributed by atoms with E-state index in [1.54, 1.807) is 7.05 Å². The van der Waals surface area contributed by atoms with Crippen molar-refractivity contribution in [2.45, 2.75) is 69.2 Å². The average molecular weight is 547 g/mol. The number of hydrogen-bond acceptors (Lipinski definition) is 4. The van der Waals surface area contributed by atoms with Crippen LogP contribution in [0.1, 0.15) is 59.5 Å². The summed E-state index contributed by atoms with van der Waals surface area (Å²) in [6.07, 6.45) is -0.161. The van der Waals surface area contributed by atoms with Crippen molar-refractivity contribution in [3.8, 4) is 0 Å². The molecule has 10 heteroatoms. The number of aromatic nitrogens is 2. The molecular formula is C28H33F3N4O2S. The van der Waals surface area contributed by atoms with Crippen molar-refractivity contribution in [1.82, 2.24) is 19.8 Å². The van der Waals surface area contributed by atoms with Gasteiger partial charge in [0.15, 0.2) is 0 Å². The van der Waals surface area contributed by atoms with Gasteiger partial charge in [-0.25, -0.2) is 0 Å². The second-order valence-corrected chi connectivity index (χ2v) is 12.0. The number of amides is 1. The van der Waals surface area contributed by atoms with Crippen LogP contribution in [0.3, 0.4) is 0 Å². The predicted octanol–water partition coefficient (Wildman–Crippen LogP) is 5.58. The van der Waals surface area contributed by atoms with Crippen LogP contribution in [0.2, 0.25) is 0 Å². The zero-order valence-corrected chi connectivity index (χ0v) is 23.1. The summed E-state index contributed by atoms with van der Waals surface area (Å²) in [5, 5.41) is 3.78. The summed E-state index contributed by atoms with van der Waals surface area (Å²) in [6, 6.07) is 9.67. The number of halogens is 3. The van der Waals surface area contributed by atoms with Crippen LogP contribution in [0.5, 0.6) is 0 Å². The quantitative estimate of drug-likeness (QED) is 0.362. The minimum Gasteiger partial charge on any atom is -0.348 e. The van der Waals surface area contributed by atoms with Gasteiger partial charge >= 0.3 is 6.18 Å². The van der Waals surface area contributed by atoms with Gasteiger partial charge in [-0.1, -0.05) is 18.2 Å². The zero-order chi connectivity index (χ0) is 27.6. The Labute approximate surface area is 224 Å². The Morgan fingerprint density at radius 1 is 1.24 bits per heavy atom. The minimum atomic E-state index is -4.21. The molecule has 3 fully saturated rings. The molecule has 3 aliphatic carbocycles. The molecule has 0 spiro atoms. The van der Waals surface area contributed by atoms with E-state index in [-0.39, 0.29) is 35.0 Å². The van der Waals surface area contributed by atoms with Gasteiger partial charge in [0.2, 0.25) is 0 Å². The van der Waals surface area contributed by atoms with E-state index in [1.807, 2.05) is 50.4 Å².